The molecule has 0 spiro atoms. The van der Waals surface area contributed by atoms with Gasteiger partial charge in [0.15, 0.2) is 0 Å². The summed E-state index contributed by atoms with van der Waals surface area (Å²) in [6.45, 7) is 1.98. The van der Waals surface area contributed by atoms with Crippen molar-refractivity contribution in [2.24, 2.45) is 11.8 Å². The Morgan fingerprint density at radius 1 is 1.22 bits per heavy atom. The van der Waals surface area contributed by atoms with Crippen molar-refractivity contribution in [2.75, 3.05) is 6.61 Å². The lowest BCUT2D eigenvalue weighted by Gasteiger charge is -2.18. The van der Waals surface area contributed by atoms with Gasteiger partial charge in [-0.25, -0.2) is 15.1 Å². The third-order valence-electron chi connectivity index (χ3n) is 4.66. The van der Waals surface area contributed by atoms with Gasteiger partial charge in [-0.2, -0.15) is 13.2 Å². The summed E-state index contributed by atoms with van der Waals surface area (Å²) in [4.78, 5) is 9.93. The first-order valence-corrected chi connectivity index (χ1v) is 12.4. The minimum atomic E-state index is -4.51. The number of hydrogen-bond acceptors (Lipinski definition) is 6. The van der Waals surface area contributed by atoms with Crippen molar-refractivity contribution < 1.29 is 36.9 Å². The number of halogens is 4. The molecule has 2 rings (SSSR count). The van der Waals surface area contributed by atoms with Gasteiger partial charge >= 0.3 is 14.0 Å². The molecule has 0 saturated heterocycles. The molecule has 2 atom stereocenters. The summed E-state index contributed by atoms with van der Waals surface area (Å²) in [6, 6.07) is 7.82. The topological polar surface area (TPSA) is 102 Å². The quantitative estimate of drug-likeness (QED) is 0.230. The molecule has 0 fully saturated rings. The Bertz CT molecular complexity index is 963. The van der Waals surface area contributed by atoms with Crippen LogP contribution < -0.4 is 5.90 Å². The number of nitrogens with two attached hydrogens (primary N) is 1. The van der Waals surface area contributed by atoms with Crippen LogP contribution in [0.5, 0.6) is 5.75 Å². The number of phenolic OH excluding ortho intramolecular Hbond substituents is 1. The third-order valence-corrected chi connectivity index (χ3v) is 6.80. The van der Waals surface area contributed by atoms with E-state index in [4.69, 9.17) is 22.0 Å². The zero-order chi connectivity index (χ0) is 23.9. The fourth-order valence-electron chi connectivity index (χ4n) is 3.00. The van der Waals surface area contributed by atoms with E-state index in [-0.39, 0.29) is 23.2 Å². The van der Waals surface area contributed by atoms with Crippen LogP contribution in [0.3, 0.4) is 0 Å². The van der Waals surface area contributed by atoms with Gasteiger partial charge in [0.05, 0.1) is 17.1 Å². The van der Waals surface area contributed by atoms with Gasteiger partial charge in [-0.05, 0) is 61.1 Å². The number of benzene rings is 2. The molecule has 0 amide bonds. The van der Waals surface area contributed by atoms with Crippen molar-refractivity contribution in [1.82, 2.24) is 0 Å². The summed E-state index contributed by atoms with van der Waals surface area (Å²) in [6.07, 6.45) is -1.73. The van der Waals surface area contributed by atoms with Gasteiger partial charge in [0.25, 0.3) is 0 Å². The Balaban J connectivity index is 2.06. The molecule has 0 saturated carbocycles. The molecule has 32 heavy (non-hydrogen) atoms. The number of phosphoric acid groups is 1. The molecule has 0 aliphatic carbocycles. The van der Waals surface area contributed by atoms with Crippen molar-refractivity contribution in [3.8, 4) is 5.75 Å². The van der Waals surface area contributed by atoms with Gasteiger partial charge in [-0.15, -0.1) is 0 Å². The Kier molecular flexibility index (Phi) is 9.90. The number of aromatic hydroxyl groups is 1. The van der Waals surface area contributed by atoms with E-state index in [1.807, 2.05) is 6.92 Å². The predicted octanol–water partition coefficient (Wildman–Crippen LogP) is 6.57. The van der Waals surface area contributed by atoms with Gasteiger partial charge in [0, 0.05) is 9.92 Å². The molecule has 2 aromatic rings. The van der Waals surface area contributed by atoms with Crippen LogP contribution in [0.2, 0.25) is 5.02 Å². The summed E-state index contributed by atoms with van der Waals surface area (Å²) in [5.41, 5.74) is -0.0372. The minimum absolute atomic E-state index is 0.000799. The Morgan fingerprint density at radius 2 is 1.94 bits per heavy atom. The zero-order valence-corrected chi connectivity index (χ0v) is 19.6. The van der Waals surface area contributed by atoms with Crippen LogP contribution in [0, 0.1) is 5.92 Å². The highest BCUT2D eigenvalue weighted by molar-refractivity contribution is 7.99. The van der Waals surface area contributed by atoms with Crippen molar-refractivity contribution in [3.63, 3.8) is 0 Å². The van der Waals surface area contributed by atoms with Crippen LogP contribution in [0.1, 0.15) is 37.3 Å². The number of phenols is 1. The molecule has 2 aromatic carbocycles. The SMILES string of the molecule is CCCC(CCc1ccc(Sc2cc(C(F)(F)F)ccc2O)cc1Cl)COP(=O)(O)ON. The van der Waals surface area contributed by atoms with E-state index < -0.39 is 19.6 Å². The van der Waals surface area contributed by atoms with Crippen LogP contribution in [-0.2, 0) is 26.3 Å². The van der Waals surface area contributed by atoms with Gasteiger partial charge in [0.1, 0.15) is 5.75 Å². The second kappa shape index (κ2) is 11.7. The molecule has 0 heterocycles. The fraction of sp³-hybridized carbons (Fsp3) is 0.400. The zero-order valence-electron chi connectivity index (χ0n) is 17.1. The highest BCUT2D eigenvalue weighted by atomic mass is 35.5. The monoisotopic (exact) mass is 513 g/mol. The minimum Gasteiger partial charge on any atom is -0.507 e. The molecule has 12 heteroatoms. The largest absolute Gasteiger partial charge is 0.507 e. The average molecular weight is 514 g/mol. The van der Waals surface area contributed by atoms with E-state index in [1.54, 1.807) is 18.2 Å². The molecule has 6 nitrogen and oxygen atoms in total. The van der Waals surface area contributed by atoms with Crippen LogP contribution >= 0.6 is 31.2 Å². The van der Waals surface area contributed by atoms with E-state index >= 15 is 0 Å². The maximum Gasteiger partial charge on any atom is 0.488 e. The second-order valence-electron chi connectivity index (χ2n) is 7.10. The standard InChI is InChI=1S/C20H24ClF3NO5PS/c1-2-3-13(12-29-31(27,28)30-25)4-5-14-6-8-16(11-17(14)21)32-19-10-15(20(22,23)24)7-9-18(19)26/h6-11,13,26H,2-5,12,25H2,1H3,(H,27,28). The lowest BCUT2D eigenvalue weighted by Crippen LogP contribution is -2.12. The van der Waals surface area contributed by atoms with Crippen LogP contribution in [0.4, 0.5) is 13.2 Å². The molecule has 0 aliphatic heterocycles. The Morgan fingerprint density at radius 3 is 2.53 bits per heavy atom. The van der Waals surface area contributed by atoms with Crippen molar-refractivity contribution in [2.45, 2.75) is 48.6 Å². The first kappa shape index (κ1) is 27.0. The van der Waals surface area contributed by atoms with Crippen LogP contribution in [-0.4, -0.2) is 16.6 Å². The second-order valence-corrected chi connectivity index (χ2v) is 10.0. The van der Waals surface area contributed by atoms with Gasteiger partial charge in [-0.1, -0.05) is 42.8 Å². The summed E-state index contributed by atoms with van der Waals surface area (Å²) < 4.78 is 59.0. The first-order valence-electron chi connectivity index (χ1n) is 9.67. The highest BCUT2D eigenvalue weighted by Crippen LogP contribution is 2.42. The smallest absolute Gasteiger partial charge is 0.488 e. The van der Waals surface area contributed by atoms with E-state index in [0.717, 1.165) is 48.4 Å². The maximum atomic E-state index is 12.9. The number of alkyl halides is 3. The molecule has 0 aliphatic rings. The lowest BCUT2D eigenvalue weighted by atomic mass is 9.96. The molecule has 2 unspecified atom stereocenters. The van der Waals surface area contributed by atoms with Crippen molar-refractivity contribution in [3.05, 3.63) is 52.5 Å². The number of aryl methyl sites for hydroxylation is 1. The highest BCUT2D eigenvalue weighted by Gasteiger charge is 2.31. The Labute approximate surface area is 193 Å². The fourth-order valence-corrected chi connectivity index (χ4v) is 4.73. The van der Waals surface area contributed by atoms with E-state index in [9.17, 15) is 27.7 Å². The van der Waals surface area contributed by atoms with Crippen LogP contribution in [0.15, 0.2) is 46.2 Å². The molecular weight excluding hydrogens is 490 g/mol. The molecule has 4 N–H and O–H groups in total. The van der Waals surface area contributed by atoms with Crippen molar-refractivity contribution >= 4 is 31.2 Å². The number of hydrogen-bond donors (Lipinski definition) is 3. The molecule has 0 aromatic heterocycles. The summed E-state index contributed by atoms with van der Waals surface area (Å²) in [5.74, 6) is 4.45. The maximum absolute atomic E-state index is 12.9. The van der Waals surface area contributed by atoms with Gasteiger partial charge in [-0.3, -0.25) is 4.52 Å². The summed E-state index contributed by atoms with van der Waals surface area (Å²) in [5, 5.41) is 10.3. The first-order chi connectivity index (χ1) is 14.9. The van der Waals surface area contributed by atoms with Gasteiger partial charge < -0.3 is 10.00 Å². The lowest BCUT2D eigenvalue weighted by molar-refractivity contribution is -0.137. The molecule has 178 valence electrons. The Hall–Kier alpha value is -1.26. The molecular formula is C20H24ClF3NO5PS. The van der Waals surface area contributed by atoms with Gasteiger partial charge in [0.2, 0.25) is 0 Å². The van der Waals surface area contributed by atoms with E-state index in [0.29, 0.717) is 22.8 Å². The predicted molar refractivity (Wildman–Crippen MR) is 116 cm³/mol. The summed E-state index contributed by atoms with van der Waals surface area (Å²) >= 11 is 7.34. The number of rotatable bonds is 11. The van der Waals surface area contributed by atoms with E-state index in [1.165, 1.54) is 0 Å². The van der Waals surface area contributed by atoms with E-state index in [2.05, 4.69) is 4.62 Å². The number of phosphoric ester groups is 1. The van der Waals surface area contributed by atoms with Crippen LogP contribution in [0.25, 0.3) is 0 Å². The molecule has 0 bridgehead atoms. The normalized spacial score (nSPS) is 14.8. The third kappa shape index (κ3) is 8.26. The van der Waals surface area contributed by atoms with Crippen molar-refractivity contribution in [1.29, 1.82) is 0 Å². The molecule has 0 radical (unpaired) electrons. The average Bonchev–Trinajstić information content (AvgIpc) is 2.72. The summed E-state index contributed by atoms with van der Waals surface area (Å²) in [7, 11) is -4.26.